The van der Waals surface area contributed by atoms with Crippen molar-refractivity contribution >= 4 is 17.4 Å². The standard InChI is InChI=1S/C29H29NO7/c1-17-5-8-19(9-6-17)27(32)25-26(20-10-11-21(31)23(16-20)36-3)30(29(34)28(25)33)14-13-18-7-12-22(35-2)24(15-18)37-4/h5-12,15-16,26,31-32H,13-14H2,1-4H3/t26-/m1/s1. The van der Waals surface area contributed by atoms with Gasteiger partial charge < -0.3 is 29.3 Å². The van der Waals surface area contributed by atoms with Crippen LogP contribution in [-0.4, -0.2) is 54.7 Å². The van der Waals surface area contributed by atoms with Crippen molar-refractivity contribution in [2.24, 2.45) is 0 Å². The van der Waals surface area contributed by atoms with Crippen LogP contribution in [0.5, 0.6) is 23.0 Å². The molecule has 1 aliphatic rings. The third-order valence-electron chi connectivity index (χ3n) is 6.47. The number of ether oxygens (including phenoxy) is 3. The van der Waals surface area contributed by atoms with Crippen molar-refractivity contribution in [1.29, 1.82) is 0 Å². The molecule has 3 aromatic carbocycles. The van der Waals surface area contributed by atoms with Gasteiger partial charge in [-0.05, 0) is 48.7 Å². The first-order chi connectivity index (χ1) is 17.8. The summed E-state index contributed by atoms with van der Waals surface area (Å²) in [5, 5.41) is 21.3. The first kappa shape index (κ1) is 25.6. The molecule has 4 rings (SSSR count). The summed E-state index contributed by atoms with van der Waals surface area (Å²) in [5.41, 5.74) is 2.80. The van der Waals surface area contributed by atoms with Crippen molar-refractivity contribution in [3.05, 3.63) is 88.5 Å². The molecular formula is C29H29NO7. The van der Waals surface area contributed by atoms with Gasteiger partial charge in [0.1, 0.15) is 5.76 Å². The van der Waals surface area contributed by atoms with Crippen LogP contribution in [0.3, 0.4) is 0 Å². The van der Waals surface area contributed by atoms with Crippen molar-refractivity contribution in [3.63, 3.8) is 0 Å². The van der Waals surface area contributed by atoms with Gasteiger partial charge in [0, 0.05) is 12.1 Å². The number of phenols is 1. The molecule has 1 heterocycles. The second-order valence-corrected chi connectivity index (χ2v) is 8.73. The van der Waals surface area contributed by atoms with Gasteiger partial charge in [-0.3, -0.25) is 9.59 Å². The fraction of sp³-hybridized carbons (Fsp3) is 0.241. The Bertz CT molecular complexity index is 1360. The molecule has 1 amide bonds. The van der Waals surface area contributed by atoms with Crippen molar-refractivity contribution in [1.82, 2.24) is 4.90 Å². The highest BCUT2D eigenvalue weighted by molar-refractivity contribution is 6.46. The first-order valence-corrected chi connectivity index (χ1v) is 11.7. The monoisotopic (exact) mass is 503 g/mol. The van der Waals surface area contributed by atoms with Gasteiger partial charge in [0.25, 0.3) is 11.7 Å². The number of aliphatic hydroxyl groups excluding tert-OH is 1. The van der Waals surface area contributed by atoms with E-state index in [2.05, 4.69) is 0 Å². The van der Waals surface area contributed by atoms with Gasteiger partial charge in [-0.15, -0.1) is 0 Å². The normalized spacial score (nSPS) is 16.6. The molecule has 1 fully saturated rings. The van der Waals surface area contributed by atoms with Gasteiger partial charge in [0.2, 0.25) is 0 Å². The molecule has 0 aliphatic carbocycles. The number of benzene rings is 3. The lowest BCUT2D eigenvalue weighted by Crippen LogP contribution is -2.31. The molecule has 0 bridgehead atoms. The van der Waals surface area contributed by atoms with Crippen LogP contribution in [0.2, 0.25) is 0 Å². The highest BCUT2D eigenvalue weighted by atomic mass is 16.5. The van der Waals surface area contributed by atoms with Gasteiger partial charge in [0.05, 0.1) is 32.9 Å². The molecule has 0 saturated carbocycles. The topological polar surface area (TPSA) is 106 Å². The Kier molecular flexibility index (Phi) is 7.38. The minimum absolute atomic E-state index is 0.0195. The minimum Gasteiger partial charge on any atom is -0.507 e. The van der Waals surface area contributed by atoms with E-state index in [1.807, 2.05) is 31.2 Å². The summed E-state index contributed by atoms with van der Waals surface area (Å²) in [6.45, 7) is 2.11. The zero-order valence-electron chi connectivity index (χ0n) is 21.1. The number of Topliss-reactive ketones (excluding diaryl/α,β-unsaturated/α-hetero) is 1. The Morgan fingerprint density at radius 1 is 0.865 bits per heavy atom. The van der Waals surface area contributed by atoms with Crippen molar-refractivity contribution in [2.75, 3.05) is 27.9 Å². The number of aliphatic hydroxyl groups is 1. The maximum Gasteiger partial charge on any atom is 0.295 e. The van der Waals surface area contributed by atoms with Crippen LogP contribution in [0.15, 0.2) is 66.2 Å². The number of aryl methyl sites for hydroxylation is 1. The number of phenolic OH excluding ortho intramolecular Hbond substituents is 1. The molecule has 0 unspecified atom stereocenters. The van der Waals surface area contributed by atoms with E-state index in [1.54, 1.807) is 44.6 Å². The predicted octanol–water partition coefficient (Wildman–Crippen LogP) is 4.39. The summed E-state index contributed by atoms with van der Waals surface area (Å²) in [6, 6.07) is 16.3. The van der Waals surface area contributed by atoms with E-state index in [4.69, 9.17) is 14.2 Å². The number of methoxy groups -OCH3 is 3. The number of likely N-dealkylation sites (tertiary alicyclic amines) is 1. The third kappa shape index (κ3) is 4.95. The average molecular weight is 504 g/mol. The van der Waals surface area contributed by atoms with Gasteiger partial charge in [-0.1, -0.05) is 42.0 Å². The second kappa shape index (κ2) is 10.7. The number of carbonyl (C=O) groups excluding carboxylic acids is 2. The highest BCUT2D eigenvalue weighted by Crippen LogP contribution is 2.42. The molecule has 1 atom stereocenters. The van der Waals surface area contributed by atoms with Crippen LogP contribution < -0.4 is 14.2 Å². The summed E-state index contributed by atoms with van der Waals surface area (Å²) < 4.78 is 15.9. The number of hydrogen-bond acceptors (Lipinski definition) is 7. The van der Waals surface area contributed by atoms with Gasteiger partial charge in [-0.2, -0.15) is 0 Å². The smallest absolute Gasteiger partial charge is 0.295 e. The van der Waals surface area contributed by atoms with E-state index in [0.717, 1.165) is 11.1 Å². The number of rotatable bonds is 8. The molecule has 192 valence electrons. The maximum atomic E-state index is 13.3. The Hall–Kier alpha value is -4.46. The summed E-state index contributed by atoms with van der Waals surface area (Å²) in [6.07, 6.45) is 0.420. The summed E-state index contributed by atoms with van der Waals surface area (Å²) >= 11 is 0. The van der Waals surface area contributed by atoms with E-state index < -0.39 is 17.7 Å². The second-order valence-electron chi connectivity index (χ2n) is 8.73. The number of amides is 1. The van der Waals surface area contributed by atoms with Crippen LogP contribution in [0.1, 0.15) is 28.3 Å². The summed E-state index contributed by atoms with van der Waals surface area (Å²) in [5.74, 6) is -0.495. The van der Waals surface area contributed by atoms with Crippen LogP contribution in [0.4, 0.5) is 0 Å². The van der Waals surface area contributed by atoms with Crippen molar-refractivity contribution in [2.45, 2.75) is 19.4 Å². The lowest BCUT2D eigenvalue weighted by Gasteiger charge is -2.26. The van der Waals surface area contributed by atoms with Crippen molar-refractivity contribution < 1.29 is 34.0 Å². The molecule has 8 heteroatoms. The molecule has 2 N–H and O–H groups in total. The van der Waals surface area contributed by atoms with Crippen LogP contribution >= 0.6 is 0 Å². The number of nitrogens with zero attached hydrogens (tertiary/aromatic N) is 1. The zero-order chi connectivity index (χ0) is 26.7. The molecule has 37 heavy (non-hydrogen) atoms. The van der Waals surface area contributed by atoms with Gasteiger partial charge in [0.15, 0.2) is 23.0 Å². The Balaban J connectivity index is 1.78. The molecule has 0 spiro atoms. The molecule has 0 aromatic heterocycles. The lowest BCUT2D eigenvalue weighted by molar-refractivity contribution is -0.139. The maximum absolute atomic E-state index is 13.3. The molecule has 8 nitrogen and oxygen atoms in total. The fourth-order valence-corrected chi connectivity index (χ4v) is 4.47. The largest absolute Gasteiger partial charge is 0.507 e. The van der Waals surface area contributed by atoms with E-state index in [9.17, 15) is 19.8 Å². The molecule has 1 saturated heterocycles. The number of hydrogen-bond donors (Lipinski definition) is 2. The first-order valence-electron chi connectivity index (χ1n) is 11.7. The molecular weight excluding hydrogens is 474 g/mol. The lowest BCUT2D eigenvalue weighted by atomic mass is 9.94. The molecule has 1 aliphatic heterocycles. The van der Waals surface area contributed by atoms with E-state index >= 15 is 0 Å². The van der Waals surface area contributed by atoms with Crippen LogP contribution in [0.25, 0.3) is 5.76 Å². The van der Waals surface area contributed by atoms with Gasteiger partial charge in [-0.25, -0.2) is 0 Å². The number of ketones is 1. The number of aromatic hydroxyl groups is 1. The zero-order valence-corrected chi connectivity index (χ0v) is 21.1. The Morgan fingerprint density at radius 2 is 1.54 bits per heavy atom. The predicted molar refractivity (Wildman–Crippen MR) is 138 cm³/mol. The van der Waals surface area contributed by atoms with Crippen molar-refractivity contribution in [3.8, 4) is 23.0 Å². The Labute approximate surface area is 215 Å². The SMILES string of the molecule is COc1cc([C@@H]2C(=C(O)c3ccc(C)cc3)C(=O)C(=O)N2CCc2ccc(OC)c(OC)c2)ccc1O. The van der Waals surface area contributed by atoms with Crippen LogP contribution in [0, 0.1) is 6.92 Å². The quantitative estimate of drug-likeness (QED) is 0.267. The van der Waals surface area contributed by atoms with E-state index in [0.29, 0.717) is 29.0 Å². The van der Waals surface area contributed by atoms with Gasteiger partial charge >= 0.3 is 0 Å². The highest BCUT2D eigenvalue weighted by Gasteiger charge is 2.46. The summed E-state index contributed by atoms with van der Waals surface area (Å²) in [7, 11) is 4.51. The third-order valence-corrected chi connectivity index (χ3v) is 6.47. The van der Waals surface area contributed by atoms with E-state index in [1.165, 1.54) is 18.1 Å². The van der Waals surface area contributed by atoms with Crippen LogP contribution in [-0.2, 0) is 16.0 Å². The fourth-order valence-electron chi connectivity index (χ4n) is 4.47. The summed E-state index contributed by atoms with van der Waals surface area (Å²) in [4.78, 5) is 28.0. The van der Waals surface area contributed by atoms with E-state index in [-0.39, 0.29) is 29.4 Å². The Morgan fingerprint density at radius 3 is 2.19 bits per heavy atom. The molecule has 0 radical (unpaired) electrons. The average Bonchev–Trinajstić information content (AvgIpc) is 3.16. The minimum atomic E-state index is -0.879. The number of carbonyl (C=O) groups is 2. The molecule has 3 aromatic rings.